The molecule has 33 nitrogen and oxygen atoms in total. The Balaban J connectivity index is 0.000000211. The second kappa shape index (κ2) is 52.6. The smallest absolute Gasteiger partial charge is 0.410 e. The van der Waals surface area contributed by atoms with Crippen molar-refractivity contribution < 1.29 is 109 Å². The molecule has 0 aromatic heterocycles. The lowest BCUT2D eigenvalue weighted by Gasteiger charge is -2.22. The minimum Gasteiger partial charge on any atom is -0.508 e. The predicted octanol–water partition coefficient (Wildman–Crippen LogP) is 15.1. The topological polar surface area (TPSA) is 423 Å². The lowest BCUT2D eigenvalue weighted by Crippen LogP contribution is -2.32. The maximum Gasteiger partial charge on any atom is 0.410 e. The van der Waals surface area contributed by atoms with Crippen molar-refractivity contribution in [2.24, 2.45) is 5.73 Å². The molecular weight excluding hydrogens is 1870 g/mol. The number of phenolic OH excluding ortho intramolecular Hbond substituents is 2. The number of benzene rings is 9. The van der Waals surface area contributed by atoms with E-state index in [1.54, 1.807) is 135 Å². The highest BCUT2D eigenvalue weighted by atomic mass is 32.2. The van der Waals surface area contributed by atoms with Gasteiger partial charge in [0.15, 0.2) is 39.3 Å². The first-order chi connectivity index (χ1) is 65.1. The van der Waals surface area contributed by atoms with Gasteiger partial charge in [-0.25, -0.2) is 52.8 Å². The van der Waals surface area contributed by atoms with Crippen molar-refractivity contribution >= 4 is 96.6 Å². The zero-order chi connectivity index (χ0) is 101. The molecule has 752 valence electrons. The summed E-state index contributed by atoms with van der Waals surface area (Å²) in [5, 5.41) is 23.4. The summed E-state index contributed by atoms with van der Waals surface area (Å²) in [5.74, 6) is 2.76. The maximum atomic E-state index is 12.2. The van der Waals surface area contributed by atoms with Crippen LogP contribution in [0.5, 0.6) is 28.7 Å². The van der Waals surface area contributed by atoms with Gasteiger partial charge in [-0.2, -0.15) is 8.42 Å². The van der Waals surface area contributed by atoms with Gasteiger partial charge in [0.25, 0.3) is 10.1 Å². The molecule has 13 rings (SSSR count). The highest BCUT2D eigenvalue weighted by Gasteiger charge is 2.31. The van der Waals surface area contributed by atoms with Crippen LogP contribution in [0, 0.1) is 0 Å². The fourth-order valence-corrected chi connectivity index (χ4v) is 17.8. The van der Waals surface area contributed by atoms with E-state index in [2.05, 4.69) is 25.3 Å². The molecule has 0 radical (unpaired) electrons. The van der Waals surface area contributed by atoms with Gasteiger partial charge in [0.2, 0.25) is 0 Å². The summed E-state index contributed by atoms with van der Waals surface area (Å²) in [4.78, 5) is 60.3. The number of alkyl carbamates (subject to hydrolysis) is 2. The van der Waals surface area contributed by atoms with Crippen molar-refractivity contribution in [3.8, 4) is 28.7 Å². The number of carbonyl (C=O) groups excluding carboxylic acids is 4. The van der Waals surface area contributed by atoms with Crippen LogP contribution in [0.4, 0.5) is 41.9 Å². The van der Waals surface area contributed by atoms with Crippen LogP contribution < -0.4 is 50.2 Å². The third-order valence-corrected chi connectivity index (χ3v) is 26.5. The molecule has 0 spiro atoms. The summed E-state index contributed by atoms with van der Waals surface area (Å²) in [5.41, 5.74) is 13.8. The van der Waals surface area contributed by atoms with Gasteiger partial charge < -0.3 is 89.1 Å². The van der Waals surface area contributed by atoms with Crippen molar-refractivity contribution in [3.63, 3.8) is 0 Å². The first-order valence-corrected chi connectivity index (χ1v) is 54.9. The lowest BCUT2D eigenvalue weighted by atomic mass is 10.2. The number of sulfone groups is 4. The number of nitrogens with one attached hydrogen (secondary N) is 2. The van der Waals surface area contributed by atoms with Gasteiger partial charge in [0.1, 0.15) is 47.1 Å². The Kier molecular flexibility index (Phi) is 42.4. The van der Waals surface area contributed by atoms with Crippen LogP contribution in [-0.2, 0) is 105 Å². The minimum absolute atomic E-state index is 0.0352. The van der Waals surface area contributed by atoms with Crippen molar-refractivity contribution in [1.29, 1.82) is 0 Å². The van der Waals surface area contributed by atoms with E-state index in [0.29, 0.717) is 80.0 Å². The van der Waals surface area contributed by atoms with Crippen LogP contribution >= 0.6 is 0 Å². The minimum atomic E-state index is -3.45. The molecule has 4 atom stereocenters. The molecule has 4 heterocycles. The molecule has 0 bridgehead atoms. The van der Waals surface area contributed by atoms with E-state index in [9.17, 15) is 66.4 Å². The zero-order valence-corrected chi connectivity index (χ0v) is 85.1. The Morgan fingerprint density at radius 1 is 0.362 bits per heavy atom. The molecule has 9 aromatic carbocycles. The summed E-state index contributed by atoms with van der Waals surface area (Å²) in [7, 11) is -16.2. The van der Waals surface area contributed by atoms with Crippen molar-refractivity contribution in [1.82, 2.24) is 20.4 Å². The summed E-state index contributed by atoms with van der Waals surface area (Å²) < 4.78 is 159. The van der Waals surface area contributed by atoms with Crippen LogP contribution in [0.25, 0.3) is 0 Å². The fourth-order valence-electron chi connectivity index (χ4n) is 14.6. The standard InChI is InChI=1S/2C24H32N2O5S.C22H28N2O5S.C12H17NO5S2.C11H15NO3.C7H9NO/c2*1-5-25(24(27)30-18(2)3)16-19-7-6-8-21(15-19)31-22-13-14-26(17-22)20-9-11-23(12-10-20)32(4,28)29;1-16(2)28-22(25)23-14-17-5-4-6-19(13-17)29-20-11-12-24(15-20)18-7-9-21(10-8-18)30(3,26)27;1-19(14,15)12-5-3-10(4-6-12)13-8-7-11(9-13)18-20(2,16)17;1-8(2)15-11(14)12-7-9-4-3-5-10(13)6-9;8-5-6-2-1-3-7(9)4-6/h2*6-12,15,18,22H,5,13-14,16-17H2,1-4H3;4-10,13,16,20H,11-12,14-15H2,1-3H3,(H,23,25);3-6,11H,7-9H2,1-2H3;3-6,8,13H,7H2,1-2H3,(H,12,14);1-4,9H,5,8H2/t2*22-;20-;11-;;/m0001../s1. The van der Waals surface area contributed by atoms with E-state index in [4.69, 9.17) is 48.2 Å². The van der Waals surface area contributed by atoms with E-state index in [0.717, 1.165) is 139 Å². The Labute approximate surface area is 813 Å². The highest BCUT2D eigenvalue weighted by Crippen LogP contribution is 2.32. The number of amides is 4. The van der Waals surface area contributed by atoms with Gasteiger partial charge in [-0.3, -0.25) is 4.18 Å². The molecule has 4 aliphatic heterocycles. The quantitative estimate of drug-likeness (QED) is 0.0199. The number of phenols is 2. The lowest BCUT2D eigenvalue weighted by molar-refractivity contribution is 0.0753. The van der Waals surface area contributed by atoms with Crippen LogP contribution in [-0.4, -0.2) is 232 Å². The molecule has 4 fully saturated rings. The first-order valence-electron chi connectivity index (χ1n) is 45.5. The zero-order valence-electron chi connectivity index (χ0n) is 81.0. The molecule has 38 heteroatoms. The van der Waals surface area contributed by atoms with Crippen LogP contribution in [0.1, 0.15) is 123 Å². The van der Waals surface area contributed by atoms with Gasteiger partial charge in [-0.05, 0) is 261 Å². The van der Waals surface area contributed by atoms with Gasteiger partial charge in [-0.15, -0.1) is 0 Å². The van der Waals surface area contributed by atoms with E-state index < -0.39 is 61.7 Å². The van der Waals surface area contributed by atoms with Crippen LogP contribution in [0.15, 0.2) is 238 Å². The Bertz CT molecular complexity index is 5860. The second-order valence-corrected chi connectivity index (χ2v) is 44.3. The highest BCUT2D eigenvalue weighted by molar-refractivity contribution is 7.91. The first kappa shape index (κ1) is 111. The second-order valence-electron chi connectivity index (χ2n) is 34.6. The van der Waals surface area contributed by atoms with Gasteiger partial charge in [0, 0.05) is 146 Å². The molecule has 4 aliphatic rings. The van der Waals surface area contributed by atoms with Crippen molar-refractivity contribution in [2.75, 3.05) is 116 Å². The number of carbonyl (C=O) groups is 4. The number of rotatable bonds is 31. The van der Waals surface area contributed by atoms with Crippen LogP contribution in [0.3, 0.4) is 0 Å². The number of anilines is 4. The van der Waals surface area contributed by atoms with Crippen molar-refractivity contribution in [3.05, 3.63) is 246 Å². The average molecular weight is 2010 g/mol. The summed E-state index contributed by atoms with van der Waals surface area (Å²) in [6, 6.07) is 64.3. The molecule has 0 unspecified atom stereocenters. The molecule has 138 heavy (non-hydrogen) atoms. The SMILES string of the molecule is CC(C)OC(=O)NCc1cccc(O)c1.CC(C)OC(=O)NCc1cccc(O[C@H]2CCN(c3ccc(S(C)(=O)=O)cc3)C2)c1.CCN(Cc1cccc(O[C@H]2CCN(c3ccc(S(C)(=O)=O)cc3)C2)c1)C(=O)OC(C)C.CCN(Cc1cccc(O[C@H]2CCN(c3ccc(S(C)(=O)=O)cc3)C2)c1)C(=O)OC(C)C.CS(=O)(=O)O[C@@H]1CCN(c2ccc(S(C)(=O)=O)cc2)C1.NCc1cccc(O)c1. The van der Waals surface area contributed by atoms with E-state index in [1.165, 1.54) is 18.8 Å². The number of hydrogen-bond acceptors (Lipinski definition) is 29. The average Bonchev–Trinajstić information content (AvgIpc) is 1.66. The molecular formula is C100H133N9O24S5. The number of nitrogens with two attached hydrogens (primary N) is 1. The molecule has 0 aliphatic carbocycles. The van der Waals surface area contributed by atoms with Gasteiger partial charge >= 0.3 is 24.4 Å². The predicted molar refractivity (Wildman–Crippen MR) is 534 cm³/mol. The number of nitrogens with zero attached hydrogens (tertiary/aromatic N) is 6. The number of aromatic hydroxyl groups is 2. The van der Waals surface area contributed by atoms with Crippen LogP contribution in [0.2, 0.25) is 0 Å². The third kappa shape index (κ3) is 39.1. The Morgan fingerprint density at radius 3 is 0.891 bits per heavy atom. The van der Waals surface area contributed by atoms with E-state index >= 15 is 0 Å². The third-order valence-electron chi connectivity index (χ3n) is 21.3. The number of hydrogen-bond donors (Lipinski definition) is 5. The van der Waals surface area contributed by atoms with Crippen molar-refractivity contribution in [2.45, 2.75) is 196 Å². The Hall–Kier alpha value is -12.1. The van der Waals surface area contributed by atoms with Gasteiger partial charge in [0.05, 0.1) is 76.0 Å². The molecule has 4 saturated heterocycles. The summed E-state index contributed by atoms with van der Waals surface area (Å²) in [6.45, 7) is 27.5. The largest absolute Gasteiger partial charge is 0.508 e. The molecule has 6 N–H and O–H groups in total. The maximum absolute atomic E-state index is 12.2. The molecule has 4 amide bonds. The normalized spacial score (nSPS) is 15.8. The van der Waals surface area contributed by atoms with Gasteiger partial charge in [-0.1, -0.05) is 60.7 Å². The monoisotopic (exact) mass is 2000 g/mol. The molecule has 0 saturated carbocycles. The number of ether oxygens (including phenoxy) is 7. The summed E-state index contributed by atoms with van der Waals surface area (Å²) >= 11 is 0. The summed E-state index contributed by atoms with van der Waals surface area (Å²) in [6.07, 6.45) is 6.71. The Morgan fingerprint density at radius 2 is 0.623 bits per heavy atom. The molecule has 9 aromatic rings. The van der Waals surface area contributed by atoms with E-state index in [-0.39, 0.29) is 77.4 Å². The van der Waals surface area contributed by atoms with E-state index in [1.807, 2.05) is 168 Å². The fraction of sp³-hybridized carbons (Fsp3) is 0.420.